The quantitative estimate of drug-likeness (QED) is 0.412. The number of hydrogen-bond donors (Lipinski definition) is 0. The first kappa shape index (κ1) is 17.8. The van der Waals surface area contributed by atoms with Crippen molar-refractivity contribution >= 4 is 11.0 Å². The van der Waals surface area contributed by atoms with Crippen molar-refractivity contribution in [1.29, 1.82) is 0 Å². The smallest absolute Gasteiger partial charge is 0.259 e. The Morgan fingerprint density at radius 3 is 2.61 bits per heavy atom. The van der Waals surface area contributed by atoms with Crippen molar-refractivity contribution in [2.75, 3.05) is 6.61 Å². The zero-order valence-corrected chi connectivity index (χ0v) is 16.5. The number of aromatic nitrogens is 6. The predicted molar refractivity (Wildman–Crippen MR) is 114 cm³/mol. The van der Waals surface area contributed by atoms with Crippen molar-refractivity contribution < 1.29 is 9.26 Å². The maximum absolute atomic E-state index is 5.67. The summed E-state index contributed by atoms with van der Waals surface area (Å²) in [6.07, 6.45) is 7.68. The molecule has 0 saturated heterocycles. The van der Waals surface area contributed by atoms with Gasteiger partial charge in [-0.05, 0) is 49.1 Å². The van der Waals surface area contributed by atoms with E-state index in [0.717, 1.165) is 34.6 Å². The number of para-hydroxylation sites is 2. The maximum atomic E-state index is 5.67. The summed E-state index contributed by atoms with van der Waals surface area (Å²) in [7, 11) is 0. The van der Waals surface area contributed by atoms with Crippen LogP contribution in [0.1, 0.15) is 12.8 Å². The molecule has 1 fully saturated rings. The Labute approximate surface area is 177 Å². The molecule has 1 saturated carbocycles. The monoisotopic (exact) mass is 410 g/mol. The number of nitrogens with zero attached hydrogens (tertiary/aromatic N) is 6. The summed E-state index contributed by atoms with van der Waals surface area (Å²) >= 11 is 0. The first-order valence-corrected chi connectivity index (χ1v) is 10.2. The van der Waals surface area contributed by atoms with Crippen LogP contribution < -0.4 is 4.74 Å². The summed E-state index contributed by atoms with van der Waals surface area (Å²) in [5.41, 5.74) is 3.43. The third-order valence-electron chi connectivity index (χ3n) is 5.28. The molecule has 0 bridgehead atoms. The highest BCUT2D eigenvalue weighted by Crippen LogP contribution is 2.29. The lowest BCUT2D eigenvalue weighted by atomic mass is 10.2. The van der Waals surface area contributed by atoms with Crippen molar-refractivity contribution in [2.24, 2.45) is 5.92 Å². The second-order valence-corrected chi connectivity index (χ2v) is 7.57. The largest absolute Gasteiger partial charge is 0.477 e. The molecule has 152 valence electrons. The topological polar surface area (TPSA) is 91.8 Å². The van der Waals surface area contributed by atoms with E-state index in [1.807, 2.05) is 53.1 Å². The zero-order chi connectivity index (χ0) is 20.6. The normalized spacial score (nSPS) is 13.5. The standard InChI is InChI=1S/C23H18N6O2/c1-2-4-19-18(3-1)26-14-29(19)20-9-7-16(11-24-20)22-27-23(31-28-22)17-8-10-21(25-12-17)30-13-15-5-6-15/h1-4,7-12,14-15H,5-6,13H2. The van der Waals surface area contributed by atoms with E-state index in [0.29, 0.717) is 23.5 Å². The number of benzene rings is 1. The Bertz CT molecular complexity index is 1340. The Morgan fingerprint density at radius 1 is 0.935 bits per heavy atom. The lowest BCUT2D eigenvalue weighted by Crippen LogP contribution is -2.00. The third-order valence-corrected chi connectivity index (χ3v) is 5.28. The van der Waals surface area contributed by atoms with E-state index in [2.05, 4.69) is 25.1 Å². The Kier molecular flexibility index (Phi) is 4.19. The summed E-state index contributed by atoms with van der Waals surface area (Å²) in [5.74, 6) is 2.95. The number of ether oxygens (including phenoxy) is 1. The number of fused-ring (bicyclic) bond motifs is 1. The molecule has 1 aromatic carbocycles. The molecular weight excluding hydrogens is 392 g/mol. The number of hydrogen-bond acceptors (Lipinski definition) is 7. The van der Waals surface area contributed by atoms with Crippen molar-refractivity contribution in [3.63, 3.8) is 0 Å². The van der Waals surface area contributed by atoms with E-state index in [-0.39, 0.29) is 0 Å². The van der Waals surface area contributed by atoms with Crippen LogP contribution in [0.4, 0.5) is 0 Å². The summed E-state index contributed by atoms with van der Waals surface area (Å²) < 4.78 is 13.0. The molecule has 8 heteroatoms. The highest BCUT2D eigenvalue weighted by Gasteiger charge is 2.22. The van der Waals surface area contributed by atoms with Crippen LogP contribution in [0.15, 0.2) is 71.8 Å². The van der Waals surface area contributed by atoms with Gasteiger partial charge in [-0.3, -0.25) is 4.57 Å². The molecule has 0 aliphatic heterocycles. The number of rotatable bonds is 6. The molecule has 0 unspecified atom stereocenters. The van der Waals surface area contributed by atoms with E-state index in [9.17, 15) is 0 Å². The van der Waals surface area contributed by atoms with Crippen molar-refractivity contribution in [2.45, 2.75) is 12.8 Å². The molecule has 1 aliphatic carbocycles. The molecule has 0 atom stereocenters. The van der Waals surface area contributed by atoms with Gasteiger partial charge >= 0.3 is 0 Å². The minimum Gasteiger partial charge on any atom is -0.477 e. The predicted octanol–water partition coefficient (Wildman–Crippen LogP) is 4.32. The molecule has 1 aliphatic rings. The van der Waals surface area contributed by atoms with Gasteiger partial charge in [0.1, 0.15) is 12.1 Å². The minimum atomic E-state index is 0.404. The average molecular weight is 410 g/mol. The highest BCUT2D eigenvalue weighted by atomic mass is 16.5. The molecule has 8 nitrogen and oxygen atoms in total. The Balaban J connectivity index is 1.21. The van der Waals surface area contributed by atoms with Crippen LogP contribution in [-0.4, -0.2) is 36.3 Å². The SMILES string of the molecule is c1ccc2c(c1)ncn2-c1ccc(-c2noc(-c3ccc(OCC4CC4)nc3)n2)cn1. The fourth-order valence-corrected chi connectivity index (χ4v) is 3.34. The van der Waals surface area contributed by atoms with Gasteiger partial charge < -0.3 is 9.26 Å². The van der Waals surface area contributed by atoms with Crippen molar-refractivity contribution in [3.8, 4) is 34.5 Å². The number of imidazole rings is 1. The van der Waals surface area contributed by atoms with E-state index in [1.54, 1.807) is 18.7 Å². The third kappa shape index (κ3) is 3.52. The minimum absolute atomic E-state index is 0.404. The van der Waals surface area contributed by atoms with E-state index < -0.39 is 0 Å². The van der Waals surface area contributed by atoms with Gasteiger partial charge in [-0.25, -0.2) is 15.0 Å². The summed E-state index contributed by atoms with van der Waals surface area (Å²) in [5, 5.41) is 4.09. The first-order valence-electron chi connectivity index (χ1n) is 10.2. The van der Waals surface area contributed by atoms with Crippen LogP contribution in [0.3, 0.4) is 0 Å². The molecule has 0 spiro atoms. The van der Waals surface area contributed by atoms with Gasteiger partial charge in [0, 0.05) is 24.0 Å². The van der Waals surface area contributed by atoms with E-state index in [4.69, 9.17) is 9.26 Å². The lowest BCUT2D eigenvalue weighted by Gasteiger charge is -2.03. The van der Waals surface area contributed by atoms with Crippen LogP contribution in [0.5, 0.6) is 5.88 Å². The van der Waals surface area contributed by atoms with Gasteiger partial charge in [0.05, 0.1) is 23.2 Å². The first-order chi connectivity index (χ1) is 15.3. The van der Waals surface area contributed by atoms with Crippen molar-refractivity contribution in [3.05, 3.63) is 67.3 Å². The molecule has 5 aromatic rings. The molecule has 0 radical (unpaired) electrons. The molecule has 4 heterocycles. The maximum Gasteiger partial charge on any atom is 0.259 e. The van der Waals surface area contributed by atoms with Gasteiger partial charge in [0.2, 0.25) is 11.7 Å². The van der Waals surface area contributed by atoms with Crippen LogP contribution >= 0.6 is 0 Å². The van der Waals surface area contributed by atoms with Crippen LogP contribution in [0.25, 0.3) is 39.7 Å². The van der Waals surface area contributed by atoms with E-state index in [1.165, 1.54) is 12.8 Å². The molecule has 0 amide bonds. The fourth-order valence-electron chi connectivity index (χ4n) is 3.34. The fraction of sp³-hybridized carbons (Fsp3) is 0.174. The van der Waals surface area contributed by atoms with E-state index >= 15 is 0 Å². The zero-order valence-electron chi connectivity index (χ0n) is 16.5. The second kappa shape index (κ2) is 7.32. The Morgan fingerprint density at radius 2 is 1.81 bits per heavy atom. The van der Waals surface area contributed by atoms with Crippen LogP contribution in [0, 0.1) is 5.92 Å². The van der Waals surface area contributed by atoms with Gasteiger partial charge in [-0.1, -0.05) is 17.3 Å². The van der Waals surface area contributed by atoms with Crippen LogP contribution in [0.2, 0.25) is 0 Å². The summed E-state index contributed by atoms with van der Waals surface area (Å²) in [6.45, 7) is 0.731. The molecule has 6 rings (SSSR count). The van der Waals surface area contributed by atoms with Crippen LogP contribution in [-0.2, 0) is 0 Å². The molecule has 0 N–H and O–H groups in total. The molecule has 31 heavy (non-hydrogen) atoms. The van der Waals surface area contributed by atoms with Crippen molar-refractivity contribution in [1.82, 2.24) is 29.7 Å². The number of pyridine rings is 2. The average Bonchev–Trinajstić information content (AvgIpc) is 3.35. The molecule has 4 aromatic heterocycles. The Hall–Kier alpha value is -4.07. The summed E-state index contributed by atoms with van der Waals surface area (Å²) in [4.78, 5) is 17.8. The van der Waals surface area contributed by atoms with Gasteiger partial charge in [-0.15, -0.1) is 0 Å². The lowest BCUT2D eigenvalue weighted by molar-refractivity contribution is 0.288. The molecular formula is C23H18N6O2. The van der Waals surface area contributed by atoms with Gasteiger partial charge in [-0.2, -0.15) is 4.98 Å². The summed E-state index contributed by atoms with van der Waals surface area (Å²) in [6, 6.07) is 15.5. The van der Waals surface area contributed by atoms with Gasteiger partial charge in [0.25, 0.3) is 5.89 Å². The highest BCUT2D eigenvalue weighted by molar-refractivity contribution is 5.76. The van der Waals surface area contributed by atoms with Gasteiger partial charge in [0.15, 0.2) is 0 Å². The second-order valence-electron chi connectivity index (χ2n) is 7.57.